The van der Waals surface area contributed by atoms with E-state index in [1.54, 1.807) is 18.2 Å². The maximum Gasteiger partial charge on any atom is 0.227 e. The standard InChI is InChI=1S/C15H18Cl2N2O2/c1-3-9(2)18-15(21)10-7-13(20)19(8-10)12-6-4-5-11(16)14(12)17/h4-6,9-10H,3,7-8H2,1-2H3,(H,18,21)/t9-,10-/m1/s1. The number of rotatable bonds is 4. The zero-order chi connectivity index (χ0) is 15.6. The van der Waals surface area contributed by atoms with Gasteiger partial charge in [0.1, 0.15) is 0 Å². The Labute approximate surface area is 134 Å². The van der Waals surface area contributed by atoms with Gasteiger partial charge in [-0.3, -0.25) is 9.59 Å². The number of anilines is 1. The summed E-state index contributed by atoms with van der Waals surface area (Å²) in [5, 5.41) is 3.65. The van der Waals surface area contributed by atoms with Crippen molar-refractivity contribution < 1.29 is 9.59 Å². The summed E-state index contributed by atoms with van der Waals surface area (Å²) in [5.74, 6) is -0.539. The van der Waals surface area contributed by atoms with E-state index >= 15 is 0 Å². The summed E-state index contributed by atoms with van der Waals surface area (Å²) in [4.78, 5) is 25.8. The lowest BCUT2D eigenvalue weighted by molar-refractivity contribution is -0.126. The van der Waals surface area contributed by atoms with Crippen LogP contribution in [0.1, 0.15) is 26.7 Å². The smallest absolute Gasteiger partial charge is 0.227 e. The van der Waals surface area contributed by atoms with Crippen LogP contribution >= 0.6 is 23.2 Å². The quantitative estimate of drug-likeness (QED) is 0.922. The number of hydrogen-bond acceptors (Lipinski definition) is 2. The number of nitrogens with one attached hydrogen (secondary N) is 1. The van der Waals surface area contributed by atoms with Crippen LogP contribution in [0.5, 0.6) is 0 Å². The number of hydrogen-bond donors (Lipinski definition) is 1. The molecule has 0 unspecified atom stereocenters. The average Bonchev–Trinajstić information content (AvgIpc) is 2.83. The maximum absolute atomic E-state index is 12.2. The Bertz CT molecular complexity index is 563. The van der Waals surface area contributed by atoms with Gasteiger partial charge in [0.25, 0.3) is 0 Å². The lowest BCUT2D eigenvalue weighted by Crippen LogP contribution is -2.38. The van der Waals surface area contributed by atoms with Gasteiger partial charge in [0.2, 0.25) is 11.8 Å². The van der Waals surface area contributed by atoms with Crippen LogP contribution in [-0.4, -0.2) is 24.4 Å². The van der Waals surface area contributed by atoms with Gasteiger partial charge in [0.15, 0.2) is 0 Å². The fraction of sp³-hybridized carbons (Fsp3) is 0.467. The summed E-state index contributed by atoms with van der Waals surface area (Å²) < 4.78 is 0. The van der Waals surface area contributed by atoms with E-state index in [9.17, 15) is 9.59 Å². The molecule has 114 valence electrons. The van der Waals surface area contributed by atoms with Crippen LogP contribution in [0, 0.1) is 5.92 Å². The van der Waals surface area contributed by atoms with Crippen LogP contribution in [0.25, 0.3) is 0 Å². The fourth-order valence-electron chi connectivity index (χ4n) is 2.28. The van der Waals surface area contributed by atoms with Crippen LogP contribution in [0.2, 0.25) is 10.0 Å². The number of nitrogens with zero attached hydrogens (tertiary/aromatic N) is 1. The Hall–Kier alpha value is -1.26. The van der Waals surface area contributed by atoms with Gasteiger partial charge in [-0.1, -0.05) is 36.2 Å². The van der Waals surface area contributed by atoms with E-state index < -0.39 is 0 Å². The van der Waals surface area contributed by atoms with Gasteiger partial charge in [-0.2, -0.15) is 0 Å². The molecule has 1 aliphatic rings. The summed E-state index contributed by atoms with van der Waals surface area (Å²) in [6.07, 6.45) is 1.06. The van der Waals surface area contributed by atoms with Crippen molar-refractivity contribution in [2.45, 2.75) is 32.7 Å². The largest absolute Gasteiger partial charge is 0.353 e. The van der Waals surface area contributed by atoms with Gasteiger partial charge in [-0.15, -0.1) is 0 Å². The second-order valence-corrected chi connectivity index (χ2v) is 6.08. The van der Waals surface area contributed by atoms with E-state index in [4.69, 9.17) is 23.2 Å². The minimum Gasteiger partial charge on any atom is -0.353 e. The molecule has 1 saturated heterocycles. The Morgan fingerprint density at radius 2 is 2.19 bits per heavy atom. The average molecular weight is 329 g/mol. The summed E-state index contributed by atoms with van der Waals surface area (Å²) in [6.45, 7) is 4.28. The van der Waals surface area contributed by atoms with Gasteiger partial charge >= 0.3 is 0 Å². The summed E-state index contributed by atoms with van der Waals surface area (Å²) in [5.41, 5.74) is 0.563. The molecule has 1 heterocycles. The van der Waals surface area contributed by atoms with Crippen molar-refractivity contribution in [3.8, 4) is 0 Å². The predicted molar refractivity (Wildman–Crippen MR) is 84.8 cm³/mol. The zero-order valence-corrected chi connectivity index (χ0v) is 13.5. The minimum atomic E-state index is -0.346. The highest BCUT2D eigenvalue weighted by molar-refractivity contribution is 6.44. The van der Waals surface area contributed by atoms with E-state index in [-0.39, 0.29) is 30.2 Å². The van der Waals surface area contributed by atoms with Crippen molar-refractivity contribution in [2.24, 2.45) is 5.92 Å². The maximum atomic E-state index is 12.2. The molecule has 0 radical (unpaired) electrons. The fourth-order valence-corrected chi connectivity index (χ4v) is 2.68. The molecule has 21 heavy (non-hydrogen) atoms. The first-order valence-corrected chi connectivity index (χ1v) is 7.74. The SMILES string of the molecule is CC[C@@H](C)NC(=O)[C@@H]1CC(=O)N(c2cccc(Cl)c2Cl)C1. The molecule has 2 rings (SSSR count). The molecule has 2 atom stereocenters. The lowest BCUT2D eigenvalue weighted by atomic mass is 10.1. The molecule has 1 aliphatic heterocycles. The molecule has 1 fully saturated rings. The number of carbonyl (C=O) groups excluding carboxylic acids is 2. The zero-order valence-electron chi connectivity index (χ0n) is 12.0. The first kappa shape index (κ1) is 16.1. The third-order valence-corrected chi connectivity index (χ3v) is 4.53. The molecule has 1 N–H and O–H groups in total. The number of carbonyl (C=O) groups is 2. The van der Waals surface area contributed by atoms with Crippen molar-refractivity contribution in [1.82, 2.24) is 5.32 Å². The van der Waals surface area contributed by atoms with Crippen LogP contribution in [0.15, 0.2) is 18.2 Å². The Kier molecular flexibility index (Phi) is 5.12. The van der Waals surface area contributed by atoms with Crippen LogP contribution in [0.4, 0.5) is 5.69 Å². The molecule has 6 heteroatoms. The molecule has 1 aromatic rings. The first-order valence-electron chi connectivity index (χ1n) is 6.98. The van der Waals surface area contributed by atoms with Gasteiger partial charge < -0.3 is 10.2 Å². The van der Waals surface area contributed by atoms with E-state index in [0.29, 0.717) is 22.3 Å². The molecular weight excluding hydrogens is 311 g/mol. The van der Waals surface area contributed by atoms with Gasteiger partial charge in [-0.25, -0.2) is 0 Å². The van der Waals surface area contributed by atoms with E-state index in [1.165, 1.54) is 4.90 Å². The van der Waals surface area contributed by atoms with E-state index in [2.05, 4.69) is 5.32 Å². The molecular formula is C15H18Cl2N2O2. The Balaban J connectivity index is 2.13. The van der Waals surface area contributed by atoms with Crippen molar-refractivity contribution >= 4 is 40.7 Å². The molecule has 0 aliphatic carbocycles. The molecule has 0 saturated carbocycles. The normalized spacial score (nSPS) is 19.7. The van der Waals surface area contributed by atoms with Gasteiger partial charge in [-0.05, 0) is 25.5 Å². The van der Waals surface area contributed by atoms with E-state index in [1.807, 2.05) is 13.8 Å². The summed E-state index contributed by atoms with van der Waals surface area (Å²) in [7, 11) is 0. The molecule has 0 spiro atoms. The third-order valence-electron chi connectivity index (χ3n) is 3.72. The first-order chi connectivity index (χ1) is 9.93. The topological polar surface area (TPSA) is 49.4 Å². The monoisotopic (exact) mass is 328 g/mol. The van der Waals surface area contributed by atoms with Crippen LogP contribution < -0.4 is 10.2 Å². The molecule has 2 amide bonds. The van der Waals surface area contributed by atoms with Gasteiger partial charge in [0, 0.05) is 19.0 Å². The van der Waals surface area contributed by atoms with Crippen LogP contribution in [-0.2, 0) is 9.59 Å². The number of halogens is 2. The summed E-state index contributed by atoms with van der Waals surface area (Å²) in [6, 6.07) is 5.25. The highest BCUT2D eigenvalue weighted by Crippen LogP contribution is 2.35. The van der Waals surface area contributed by atoms with Crippen molar-refractivity contribution in [3.63, 3.8) is 0 Å². The highest BCUT2D eigenvalue weighted by Gasteiger charge is 2.36. The Morgan fingerprint density at radius 3 is 2.86 bits per heavy atom. The van der Waals surface area contributed by atoms with Crippen molar-refractivity contribution in [1.29, 1.82) is 0 Å². The van der Waals surface area contributed by atoms with Crippen LogP contribution in [0.3, 0.4) is 0 Å². The number of amides is 2. The summed E-state index contributed by atoms with van der Waals surface area (Å²) >= 11 is 12.1. The number of benzene rings is 1. The lowest BCUT2D eigenvalue weighted by Gasteiger charge is -2.19. The minimum absolute atomic E-state index is 0.0849. The molecule has 0 aromatic heterocycles. The third kappa shape index (κ3) is 3.50. The second kappa shape index (κ2) is 6.67. The molecule has 4 nitrogen and oxygen atoms in total. The molecule has 1 aromatic carbocycles. The molecule has 0 bridgehead atoms. The Morgan fingerprint density at radius 1 is 1.48 bits per heavy atom. The highest BCUT2D eigenvalue weighted by atomic mass is 35.5. The predicted octanol–water partition coefficient (Wildman–Crippen LogP) is 3.26. The van der Waals surface area contributed by atoms with Crippen molar-refractivity contribution in [3.05, 3.63) is 28.2 Å². The van der Waals surface area contributed by atoms with E-state index in [0.717, 1.165) is 6.42 Å². The second-order valence-electron chi connectivity index (χ2n) is 5.30. The van der Waals surface area contributed by atoms with Crippen molar-refractivity contribution in [2.75, 3.05) is 11.4 Å². The van der Waals surface area contributed by atoms with Gasteiger partial charge in [0.05, 0.1) is 21.7 Å².